The first-order valence-corrected chi connectivity index (χ1v) is 10.3. The highest BCUT2D eigenvalue weighted by Crippen LogP contribution is 2.43. The summed E-state index contributed by atoms with van der Waals surface area (Å²) in [4.78, 5) is 0. The molecule has 0 radical (unpaired) electrons. The number of alkyl halides is 1. The number of fused-ring (bicyclic) bond motifs is 1. The van der Waals surface area contributed by atoms with E-state index in [4.69, 9.17) is 25.8 Å². The van der Waals surface area contributed by atoms with Crippen LogP contribution in [0.25, 0.3) is 0 Å². The van der Waals surface area contributed by atoms with Crippen LogP contribution >= 0.6 is 11.6 Å². The first kappa shape index (κ1) is 22.1. The molecule has 31 heavy (non-hydrogen) atoms. The van der Waals surface area contributed by atoms with Gasteiger partial charge in [0.15, 0.2) is 17.2 Å². The highest BCUT2D eigenvalue weighted by molar-refractivity contribution is 6.31. The minimum Gasteiger partial charge on any atom is -0.508 e. The van der Waals surface area contributed by atoms with Crippen LogP contribution in [0.5, 0.6) is 17.2 Å². The van der Waals surface area contributed by atoms with Crippen molar-refractivity contribution in [3.05, 3.63) is 52.0 Å². The van der Waals surface area contributed by atoms with E-state index in [1.807, 2.05) is 12.1 Å². The Balaban J connectivity index is 1.65. The molecule has 0 unspecified atom stereocenters. The Morgan fingerprint density at radius 2 is 1.84 bits per heavy atom. The molecule has 0 aliphatic carbocycles. The van der Waals surface area contributed by atoms with Gasteiger partial charge in [-0.2, -0.15) is 0 Å². The number of phenolic OH excluding ortho intramolecular Hbond substituents is 1. The van der Waals surface area contributed by atoms with Crippen LogP contribution in [0.15, 0.2) is 30.3 Å². The number of hydrogen-bond acceptors (Lipinski definition) is 7. The van der Waals surface area contributed by atoms with Crippen molar-refractivity contribution >= 4 is 11.6 Å². The molecule has 1 saturated heterocycles. The molecule has 2 aliphatic heterocycles. The standard InChI is InChI=1S/C22H24ClFO7/c1-22(24)18(10-25)31-20(19(27)21(22)28)13-8-12(14(23)9-15(13)26)6-11-2-3-16-17(7-11)30-5-4-29-16/h2-3,7-9,18-21,25-28H,4-6,10H2,1H3/t18-,19+,20+,21-,22-/m1/s1. The van der Waals surface area contributed by atoms with E-state index in [-0.39, 0.29) is 16.3 Å². The lowest BCUT2D eigenvalue weighted by Crippen LogP contribution is -2.60. The fourth-order valence-electron chi connectivity index (χ4n) is 3.97. The number of ether oxygens (including phenoxy) is 3. The van der Waals surface area contributed by atoms with Crippen molar-refractivity contribution in [2.24, 2.45) is 0 Å². The van der Waals surface area contributed by atoms with Gasteiger partial charge in [0.2, 0.25) is 0 Å². The van der Waals surface area contributed by atoms with E-state index in [0.717, 1.165) is 12.5 Å². The summed E-state index contributed by atoms with van der Waals surface area (Å²) >= 11 is 6.33. The molecule has 7 nitrogen and oxygen atoms in total. The molecular formula is C22H24ClFO7. The number of aliphatic hydroxyl groups is 3. The number of aliphatic hydroxyl groups excluding tert-OH is 3. The average molecular weight is 455 g/mol. The van der Waals surface area contributed by atoms with Crippen molar-refractivity contribution < 1.29 is 39.0 Å². The summed E-state index contributed by atoms with van der Waals surface area (Å²) in [7, 11) is 0. The summed E-state index contributed by atoms with van der Waals surface area (Å²) in [6.45, 7) is 1.29. The van der Waals surface area contributed by atoms with Crippen molar-refractivity contribution in [1.29, 1.82) is 0 Å². The molecule has 5 atom stereocenters. The van der Waals surface area contributed by atoms with Gasteiger partial charge in [-0.1, -0.05) is 17.7 Å². The molecule has 1 fully saturated rings. The molecule has 2 aromatic rings. The molecule has 2 heterocycles. The van der Waals surface area contributed by atoms with Crippen LogP contribution in [0.4, 0.5) is 4.39 Å². The van der Waals surface area contributed by atoms with Gasteiger partial charge < -0.3 is 34.6 Å². The lowest BCUT2D eigenvalue weighted by Gasteiger charge is -2.45. The van der Waals surface area contributed by atoms with E-state index in [2.05, 4.69) is 0 Å². The van der Waals surface area contributed by atoms with Gasteiger partial charge >= 0.3 is 0 Å². The minimum absolute atomic E-state index is 0.137. The summed E-state index contributed by atoms with van der Waals surface area (Å²) in [5, 5.41) is 40.9. The summed E-state index contributed by atoms with van der Waals surface area (Å²) in [6, 6.07) is 8.36. The molecule has 2 aromatic carbocycles. The van der Waals surface area contributed by atoms with Gasteiger partial charge in [0.05, 0.1) is 6.61 Å². The maximum absolute atomic E-state index is 14.7. The minimum atomic E-state index is -2.36. The number of halogens is 2. The van der Waals surface area contributed by atoms with Crippen LogP contribution in [-0.4, -0.2) is 64.2 Å². The van der Waals surface area contributed by atoms with Crippen molar-refractivity contribution in [1.82, 2.24) is 0 Å². The Hall–Kier alpha value is -2.10. The van der Waals surface area contributed by atoms with Gasteiger partial charge in [0.25, 0.3) is 0 Å². The van der Waals surface area contributed by atoms with E-state index in [0.29, 0.717) is 36.7 Å². The zero-order valence-corrected chi connectivity index (χ0v) is 17.6. The molecular weight excluding hydrogens is 431 g/mol. The maximum atomic E-state index is 14.7. The Morgan fingerprint density at radius 3 is 2.55 bits per heavy atom. The van der Waals surface area contributed by atoms with Crippen LogP contribution in [0.3, 0.4) is 0 Å². The lowest BCUT2D eigenvalue weighted by molar-refractivity contribution is -0.249. The number of rotatable bonds is 4. The van der Waals surface area contributed by atoms with Crippen LogP contribution in [0, 0.1) is 0 Å². The summed E-state index contributed by atoms with van der Waals surface area (Å²) < 4.78 is 31.4. The first-order valence-electron chi connectivity index (χ1n) is 9.93. The average Bonchev–Trinajstić information content (AvgIpc) is 2.75. The van der Waals surface area contributed by atoms with Crippen LogP contribution in [-0.2, 0) is 11.2 Å². The molecule has 0 spiro atoms. The van der Waals surface area contributed by atoms with Crippen molar-refractivity contribution in [2.45, 2.75) is 43.4 Å². The van der Waals surface area contributed by atoms with E-state index >= 15 is 0 Å². The van der Waals surface area contributed by atoms with Crippen molar-refractivity contribution in [2.75, 3.05) is 19.8 Å². The third kappa shape index (κ3) is 4.06. The molecule has 4 N–H and O–H groups in total. The van der Waals surface area contributed by atoms with Crippen molar-refractivity contribution in [3.8, 4) is 17.2 Å². The van der Waals surface area contributed by atoms with Crippen LogP contribution in [0.1, 0.15) is 29.7 Å². The molecule has 0 saturated carbocycles. The first-order chi connectivity index (χ1) is 14.7. The zero-order chi connectivity index (χ0) is 22.3. The second-order valence-electron chi connectivity index (χ2n) is 7.97. The number of hydrogen-bond donors (Lipinski definition) is 4. The molecule has 4 rings (SSSR count). The summed E-state index contributed by atoms with van der Waals surface area (Å²) in [5.41, 5.74) is -0.735. The van der Waals surface area contributed by atoms with Gasteiger partial charge in [0.1, 0.15) is 43.4 Å². The van der Waals surface area contributed by atoms with Crippen molar-refractivity contribution in [3.63, 3.8) is 0 Å². The molecule has 2 aliphatic rings. The molecule has 0 bridgehead atoms. The second-order valence-corrected chi connectivity index (χ2v) is 8.38. The quantitative estimate of drug-likeness (QED) is 0.561. The third-order valence-electron chi connectivity index (χ3n) is 5.82. The van der Waals surface area contributed by atoms with Crippen LogP contribution < -0.4 is 9.47 Å². The van der Waals surface area contributed by atoms with Crippen LogP contribution in [0.2, 0.25) is 5.02 Å². The zero-order valence-electron chi connectivity index (χ0n) is 16.8. The monoisotopic (exact) mass is 454 g/mol. The normalized spacial score (nSPS) is 30.3. The summed E-state index contributed by atoms with van der Waals surface area (Å²) in [5.74, 6) is 1.01. The highest BCUT2D eigenvalue weighted by Gasteiger charge is 2.53. The Kier molecular flexibility index (Phi) is 6.02. The molecule has 0 aromatic heterocycles. The third-order valence-corrected chi connectivity index (χ3v) is 6.17. The lowest BCUT2D eigenvalue weighted by atomic mass is 9.83. The van der Waals surface area contributed by atoms with Gasteiger partial charge in [-0.05, 0) is 48.7 Å². The Bertz CT molecular complexity index is 963. The van der Waals surface area contributed by atoms with E-state index in [9.17, 15) is 24.8 Å². The second kappa shape index (κ2) is 8.44. The number of phenols is 1. The topological polar surface area (TPSA) is 109 Å². The maximum Gasteiger partial charge on any atom is 0.164 e. The molecule has 0 amide bonds. The van der Waals surface area contributed by atoms with Gasteiger partial charge in [-0.3, -0.25) is 0 Å². The van der Waals surface area contributed by atoms with E-state index in [1.54, 1.807) is 12.1 Å². The van der Waals surface area contributed by atoms with E-state index < -0.39 is 36.7 Å². The number of benzene rings is 2. The highest BCUT2D eigenvalue weighted by atomic mass is 35.5. The predicted molar refractivity (Wildman–Crippen MR) is 110 cm³/mol. The fraction of sp³-hybridized carbons (Fsp3) is 0.455. The largest absolute Gasteiger partial charge is 0.508 e. The van der Waals surface area contributed by atoms with Gasteiger partial charge in [-0.25, -0.2) is 4.39 Å². The molecule has 168 valence electrons. The SMILES string of the molecule is C[C@]1(F)[C@H](O)[C@@H](O)[C@H](c2cc(Cc3ccc4c(c3)OCCO4)c(Cl)cc2O)O[C@@H]1CO. The smallest absolute Gasteiger partial charge is 0.164 e. The van der Waals surface area contributed by atoms with Gasteiger partial charge in [-0.15, -0.1) is 0 Å². The Morgan fingerprint density at radius 1 is 1.13 bits per heavy atom. The predicted octanol–water partition coefficient (Wildman–Crippen LogP) is 2.29. The Labute approximate surface area is 183 Å². The molecule has 9 heteroatoms. The number of aromatic hydroxyl groups is 1. The fourth-order valence-corrected chi connectivity index (χ4v) is 4.19. The van der Waals surface area contributed by atoms with Gasteiger partial charge in [0, 0.05) is 10.6 Å². The van der Waals surface area contributed by atoms with E-state index in [1.165, 1.54) is 6.07 Å². The summed E-state index contributed by atoms with van der Waals surface area (Å²) in [6.07, 6.45) is -5.75.